The summed E-state index contributed by atoms with van der Waals surface area (Å²) in [4.78, 5) is 1.26. The molecule has 0 spiro atoms. The molecule has 1 fully saturated rings. The van der Waals surface area contributed by atoms with Crippen molar-refractivity contribution >= 4 is 27.3 Å². The summed E-state index contributed by atoms with van der Waals surface area (Å²) in [6, 6.07) is 2.05. The van der Waals surface area contributed by atoms with E-state index in [2.05, 4.69) is 21.3 Å². The van der Waals surface area contributed by atoms with Crippen LogP contribution in [-0.2, 0) is 6.42 Å². The van der Waals surface area contributed by atoms with E-state index < -0.39 is 5.60 Å². The molecular weight excluding hydrogens is 260 g/mol. The lowest BCUT2D eigenvalue weighted by molar-refractivity contribution is 0.0461. The van der Waals surface area contributed by atoms with Gasteiger partial charge in [-0.05, 0) is 46.6 Å². The highest BCUT2D eigenvalue weighted by atomic mass is 79.9. The van der Waals surface area contributed by atoms with Crippen molar-refractivity contribution in [1.29, 1.82) is 0 Å². The minimum atomic E-state index is -0.519. The van der Waals surface area contributed by atoms with Crippen LogP contribution < -0.4 is 0 Å². The minimum Gasteiger partial charge on any atom is -0.390 e. The molecule has 1 saturated carbocycles. The maximum absolute atomic E-state index is 10.2. The van der Waals surface area contributed by atoms with Crippen molar-refractivity contribution in [2.24, 2.45) is 5.92 Å². The summed E-state index contributed by atoms with van der Waals surface area (Å²) >= 11 is 5.22. The summed E-state index contributed by atoms with van der Waals surface area (Å²) in [6.07, 6.45) is 4.35. The average Bonchev–Trinajstić information content (AvgIpc) is 2.77. The fraction of sp³-hybridized carbons (Fsp3) is 0.636. The molecule has 1 aromatic rings. The molecule has 1 aliphatic rings. The molecule has 1 atom stereocenters. The molecule has 2 rings (SSSR count). The van der Waals surface area contributed by atoms with Crippen molar-refractivity contribution in [2.45, 2.75) is 38.2 Å². The molecule has 1 heterocycles. The first-order chi connectivity index (χ1) is 6.57. The van der Waals surface area contributed by atoms with Crippen LogP contribution in [0.2, 0.25) is 0 Å². The maximum atomic E-state index is 10.2. The van der Waals surface area contributed by atoms with Crippen LogP contribution >= 0.6 is 27.3 Å². The number of aliphatic hydroxyl groups is 1. The zero-order valence-corrected chi connectivity index (χ0v) is 10.7. The Hall–Kier alpha value is 0.140. The number of halogens is 1. The number of hydrogen-bond acceptors (Lipinski definition) is 2. The first-order valence-corrected chi connectivity index (χ1v) is 6.68. The molecule has 1 nitrogen and oxygen atoms in total. The SMILES string of the molecule is CC(O)(Cc1sccc1Br)CC1CC1. The molecule has 0 radical (unpaired) electrons. The molecule has 1 N–H and O–H groups in total. The largest absolute Gasteiger partial charge is 0.390 e. The predicted octanol–water partition coefficient (Wildman–Crippen LogP) is 3.60. The van der Waals surface area contributed by atoms with Crippen LogP contribution in [0.5, 0.6) is 0 Å². The zero-order chi connectivity index (χ0) is 10.2. The van der Waals surface area contributed by atoms with E-state index in [1.807, 2.05) is 13.0 Å². The van der Waals surface area contributed by atoms with Crippen molar-refractivity contribution in [1.82, 2.24) is 0 Å². The fourth-order valence-electron chi connectivity index (χ4n) is 1.81. The normalized spacial score (nSPS) is 20.8. The Morgan fingerprint density at radius 2 is 2.36 bits per heavy atom. The van der Waals surface area contributed by atoms with Gasteiger partial charge in [0.05, 0.1) is 5.60 Å². The van der Waals surface area contributed by atoms with Crippen LogP contribution in [0.1, 0.15) is 31.1 Å². The van der Waals surface area contributed by atoms with Crippen LogP contribution in [0.4, 0.5) is 0 Å². The van der Waals surface area contributed by atoms with E-state index in [-0.39, 0.29) is 0 Å². The van der Waals surface area contributed by atoms with Gasteiger partial charge < -0.3 is 5.11 Å². The van der Waals surface area contributed by atoms with Crippen LogP contribution in [0.15, 0.2) is 15.9 Å². The molecule has 14 heavy (non-hydrogen) atoms. The lowest BCUT2D eigenvalue weighted by Gasteiger charge is -2.22. The van der Waals surface area contributed by atoms with Gasteiger partial charge in [-0.25, -0.2) is 0 Å². The molecule has 78 valence electrons. The summed E-state index contributed by atoms with van der Waals surface area (Å²) in [5.74, 6) is 0.781. The van der Waals surface area contributed by atoms with Gasteiger partial charge in [0.1, 0.15) is 0 Å². The second-order valence-corrected chi connectivity index (χ2v) is 6.37. The van der Waals surface area contributed by atoms with Gasteiger partial charge in [0.2, 0.25) is 0 Å². The van der Waals surface area contributed by atoms with Crippen LogP contribution in [-0.4, -0.2) is 10.7 Å². The van der Waals surface area contributed by atoms with Crippen LogP contribution in [0.25, 0.3) is 0 Å². The van der Waals surface area contributed by atoms with Gasteiger partial charge >= 0.3 is 0 Å². The summed E-state index contributed by atoms with van der Waals surface area (Å²) in [5, 5.41) is 12.3. The quantitative estimate of drug-likeness (QED) is 0.890. The standard InChI is InChI=1S/C11H15BrOS/c1-11(13,6-8-2-3-8)7-10-9(12)4-5-14-10/h4-5,8,13H,2-3,6-7H2,1H3. The first-order valence-electron chi connectivity index (χ1n) is 5.01. The lowest BCUT2D eigenvalue weighted by atomic mass is 9.94. The molecule has 1 aliphatic carbocycles. The van der Waals surface area contributed by atoms with Crippen LogP contribution in [0.3, 0.4) is 0 Å². The Kier molecular flexibility index (Phi) is 3.01. The first kappa shape index (κ1) is 10.7. The third kappa shape index (κ3) is 2.81. The number of hydrogen-bond donors (Lipinski definition) is 1. The lowest BCUT2D eigenvalue weighted by Crippen LogP contribution is -2.27. The van der Waals surface area contributed by atoms with Gasteiger partial charge in [-0.1, -0.05) is 12.8 Å². The van der Waals surface area contributed by atoms with E-state index >= 15 is 0 Å². The van der Waals surface area contributed by atoms with Gasteiger partial charge in [-0.2, -0.15) is 0 Å². The van der Waals surface area contributed by atoms with Gasteiger partial charge in [-0.3, -0.25) is 0 Å². The van der Waals surface area contributed by atoms with Gasteiger partial charge in [0.15, 0.2) is 0 Å². The molecular formula is C11H15BrOS. The highest BCUT2D eigenvalue weighted by Gasteiger charge is 2.32. The molecule has 0 amide bonds. The van der Waals surface area contributed by atoms with Gasteiger partial charge in [0, 0.05) is 15.8 Å². The number of thiophene rings is 1. The van der Waals surface area contributed by atoms with E-state index in [1.165, 1.54) is 17.7 Å². The van der Waals surface area contributed by atoms with Crippen LogP contribution in [0, 0.1) is 5.92 Å². The van der Waals surface area contributed by atoms with Crippen molar-refractivity contribution < 1.29 is 5.11 Å². The topological polar surface area (TPSA) is 20.2 Å². The third-order valence-electron chi connectivity index (χ3n) is 2.66. The van der Waals surface area contributed by atoms with Gasteiger partial charge in [0.25, 0.3) is 0 Å². The minimum absolute atomic E-state index is 0.519. The second kappa shape index (κ2) is 3.95. The van der Waals surface area contributed by atoms with Crippen molar-refractivity contribution in [3.05, 3.63) is 20.8 Å². The van der Waals surface area contributed by atoms with E-state index in [4.69, 9.17) is 0 Å². The summed E-state index contributed by atoms with van der Waals surface area (Å²) < 4.78 is 1.14. The molecule has 1 unspecified atom stereocenters. The summed E-state index contributed by atoms with van der Waals surface area (Å²) in [5.41, 5.74) is -0.519. The molecule has 1 aromatic heterocycles. The molecule has 3 heteroatoms. The van der Waals surface area contributed by atoms with E-state index in [0.29, 0.717) is 0 Å². The second-order valence-electron chi connectivity index (χ2n) is 4.51. The van der Waals surface area contributed by atoms with E-state index in [1.54, 1.807) is 11.3 Å². The molecule has 0 aromatic carbocycles. The Morgan fingerprint density at radius 3 is 2.86 bits per heavy atom. The zero-order valence-electron chi connectivity index (χ0n) is 8.29. The Labute approximate surface area is 97.3 Å². The Morgan fingerprint density at radius 1 is 1.64 bits per heavy atom. The predicted molar refractivity (Wildman–Crippen MR) is 63.7 cm³/mol. The highest BCUT2D eigenvalue weighted by molar-refractivity contribution is 9.10. The van der Waals surface area contributed by atoms with Gasteiger partial charge in [-0.15, -0.1) is 11.3 Å². The molecule has 0 bridgehead atoms. The fourth-order valence-corrected chi connectivity index (χ4v) is 3.48. The summed E-state index contributed by atoms with van der Waals surface area (Å²) in [6.45, 7) is 1.96. The van der Waals surface area contributed by atoms with E-state index in [0.717, 1.165) is 23.2 Å². The molecule has 0 saturated heterocycles. The highest BCUT2D eigenvalue weighted by Crippen LogP contribution is 2.38. The monoisotopic (exact) mass is 274 g/mol. The number of rotatable bonds is 4. The summed E-state index contributed by atoms with van der Waals surface area (Å²) in [7, 11) is 0. The maximum Gasteiger partial charge on any atom is 0.0670 e. The van der Waals surface area contributed by atoms with Crippen molar-refractivity contribution in [3.8, 4) is 0 Å². The Bertz CT molecular complexity index is 315. The van der Waals surface area contributed by atoms with Crippen molar-refractivity contribution in [3.63, 3.8) is 0 Å². The van der Waals surface area contributed by atoms with E-state index in [9.17, 15) is 5.11 Å². The smallest absolute Gasteiger partial charge is 0.0670 e. The average molecular weight is 275 g/mol. The molecule has 0 aliphatic heterocycles. The Balaban J connectivity index is 1.97. The van der Waals surface area contributed by atoms with Crippen molar-refractivity contribution in [2.75, 3.05) is 0 Å². The third-order valence-corrected chi connectivity index (χ3v) is 4.58.